The van der Waals surface area contributed by atoms with Crippen molar-refractivity contribution >= 4 is 17.5 Å². The zero-order chi connectivity index (χ0) is 17.9. The Bertz CT molecular complexity index is 738. The predicted molar refractivity (Wildman–Crippen MR) is 90.5 cm³/mol. The molecule has 2 fully saturated rings. The monoisotopic (exact) mass is 344 g/mol. The van der Waals surface area contributed by atoms with E-state index in [9.17, 15) is 14.4 Å². The molecule has 1 saturated carbocycles. The van der Waals surface area contributed by atoms with Crippen molar-refractivity contribution in [3.05, 3.63) is 22.9 Å². The van der Waals surface area contributed by atoms with E-state index in [-0.39, 0.29) is 47.6 Å². The number of carbonyl (C=O) groups excluding carboxylic acids is 3. The van der Waals surface area contributed by atoms with Crippen LogP contribution < -0.4 is 10.6 Å². The van der Waals surface area contributed by atoms with Crippen LogP contribution in [0.3, 0.4) is 0 Å². The van der Waals surface area contributed by atoms with E-state index in [2.05, 4.69) is 24.5 Å². The molecule has 0 radical (unpaired) electrons. The lowest BCUT2D eigenvalue weighted by Crippen LogP contribution is -2.58. The molecule has 2 aliphatic carbocycles. The zero-order valence-corrected chi connectivity index (χ0v) is 14.8. The van der Waals surface area contributed by atoms with Crippen molar-refractivity contribution in [3.63, 3.8) is 0 Å². The summed E-state index contributed by atoms with van der Waals surface area (Å²) in [7, 11) is 0. The maximum Gasteiger partial charge on any atom is 0.311 e. The molecule has 2 N–H and O–H groups in total. The fraction of sp³-hybridized carbons (Fsp3) is 0.632. The molecular weight excluding hydrogens is 320 g/mol. The smallest absolute Gasteiger partial charge is 0.311 e. The van der Waals surface area contributed by atoms with Crippen molar-refractivity contribution in [2.75, 3.05) is 13.2 Å². The van der Waals surface area contributed by atoms with E-state index in [4.69, 9.17) is 4.74 Å². The van der Waals surface area contributed by atoms with Gasteiger partial charge in [-0.15, -0.1) is 0 Å². The maximum atomic E-state index is 12.7. The van der Waals surface area contributed by atoms with Gasteiger partial charge in [-0.3, -0.25) is 14.4 Å². The normalized spacial score (nSPS) is 39.4. The number of rotatable bonds is 2. The minimum absolute atomic E-state index is 0.0112. The summed E-state index contributed by atoms with van der Waals surface area (Å²) in [5.41, 5.74) is 2.07. The Balaban J connectivity index is 1.87. The van der Waals surface area contributed by atoms with Crippen LogP contribution in [0.15, 0.2) is 22.9 Å². The number of Topliss-reactive ketones (excluding diaryl/α,β-unsaturated/α-hetero) is 2. The Morgan fingerprint density at radius 3 is 2.88 bits per heavy atom. The number of hydrogen-bond donors (Lipinski definition) is 2. The molecule has 0 aromatic carbocycles. The Labute approximate surface area is 147 Å². The molecule has 5 unspecified atom stereocenters. The first-order chi connectivity index (χ1) is 11.9. The van der Waals surface area contributed by atoms with E-state index in [1.165, 1.54) is 0 Å². The van der Waals surface area contributed by atoms with Gasteiger partial charge in [0.1, 0.15) is 0 Å². The van der Waals surface area contributed by atoms with Gasteiger partial charge < -0.3 is 15.4 Å². The van der Waals surface area contributed by atoms with Gasteiger partial charge in [0, 0.05) is 28.8 Å². The van der Waals surface area contributed by atoms with Crippen LogP contribution >= 0.6 is 0 Å². The van der Waals surface area contributed by atoms with Crippen LogP contribution in [0.25, 0.3) is 0 Å². The Morgan fingerprint density at radius 2 is 2.16 bits per heavy atom. The van der Waals surface area contributed by atoms with E-state index >= 15 is 0 Å². The summed E-state index contributed by atoms with van der Waals surface area (Å²) >= 11 is 0. The molecule has 2 heterocycles. The fourth-order valence-electron chi connectivity index (χ4n) is 4.97. The zero-order valence-electron chi connectivity index (χ0n) is 14.8. The van der Waals surface area contributed by atoms with E-state index < -0.39 is 5.78 Å². The number of esters is 1. The summed E-state index contributed by atoms with van der Waals surface area (Å²) in [6.45, 7) is 6.42. The first-order valence-electron chi connectivity index (χ1n) is 9.05. The highest BCUT2D eigenvalue weighted by Gasteiger charge is 2.55. The molecule has 0 amide bonds. The summed E-state index contributed by atoms with van der Waals surface area (Å²) in [6, 6.07) is -0.0722. The molecular formula is C19H24N2O4. The van der Waals surface area contributed by atoms with Gasteiger partial charge in [-0.2, -0.15) is 0 Å². The van der Waals surface area contributed by atoms with Crippen LogP contribution in [0.4, 0.5) is 0 Å². The highest BCUT2D eigenvalue weighted by atomic mass is 16.5. The Kier molecular flexibility index (Phi) is 3.65. The van der Waals surface area contributed by atoms with E-state index in [1.54, 1.807) is 0 Å². The first-order valence-corrected chi connectivity index (χ1v) is 9.05. The fourth-order valence-corrected chi connectivity index (χ4v) is 4.97. The molecule has 0 spiro atoms. The second kappa shape index (κ2) is 5.53. The van der Waals surface area contributed by atoms with Crippen LogP contribution in [0.5, 0.6) is 0 Å². The van der Waals surface area contributed by atoms with Crippen LogP contribution in [0, 0.1) is 17.8 Å². The third-order valence-corrected chi connectivity index (χ3v) is 6.53. The van der Waals surface area contributed by atoms with Gasteiger partial charge in [0.05, 0.1) is 19.1 Å². The van der Waals surface area contributed by atoms with Crippen molar-refractivity contribution in [3.8, 4) is 0 Å². The number of ether oxygens (including phenoxy) is 1. The summed E-state index contributed by atoms with van der Waals surface area (Å²) in [4.78, 5) is 37.5. The lowest BCUT2D eigenvalue weighted by Gasteiger charge is -2.44. The largest absolute Gasteiger partial charge is 0.466 e. The molecule has 2 aliphatic heterocycles. The number of hydrogen-bond acceptors (Lipinski definition) is 6. The topological polar surface area (TPSA) is 84.5 Å². The molecule has 25 heavy (non-hydrogen) atoms. The lowest BCUT2D eigenvalue weighted by atomic mass is 9.65. The lowest BCUT2D eigenvalue weighted by molar-refractivity contribution is -0.150. The number of ketones is 2. The molecule has 4 rings (SSSR count). The van der Waals surface area contributed by atoms with Crippen LogP contribution in [0.2, 0.25) is 0 Å². The minimum Gasteiger partial charge on any atom is -0.466 e. The van der Waals surface area contributed by atoms with Crippen LogP contribution in [-0.4, -0.2) is 42.3 Å². The van der Waals surface area contributed by atoms with Crippen molar-refractivity contribution in [1.29, 1.82) is 0 Å². The van der Waals surface area contributed by atoms with Crippen molar-refractivity contribution < 1.29 is 19.1 Å². The standard InChI is InChI=1S/C19H24N2O4/c1-4-25-18(24)15-12-5-10-7-19(3)9(2)16(15)21-13(12)6-11(10)17(23)14(22)8-20-19/h6,9,12,15-16,20-21H,4-5,7-8H2,1-3H3. The third-order valence-electron chi connectivity index (χ3n) is 6.53. The summed E-state index contributed by atoms with van der Waals surface area (Å²) in [5.74, 6) is -1.14. The molecule has 1 saturated heterocycles. The SMILES string of the molecule is CCOC(=O)C1C2CC3=C4C=C2NC1C(C)C(C)(C3)NCC(=O)C4=O. The van der Waals surface area contributed by atoms with Crippen molar-refractivity contribution in [2.24, 2.45) is 17.8 Å². The number of nitrogens with one attached hydrogen (secondary N) is 2. The van der Waals surface area contributed by atoms with E-state index in [0.29, 0.717) is 18.6 Å². The Morgan fingerprint density at radius 1 is 1.40 bits per heavy atom. The first kappa shape index (κ1) is 16.5. The van der Waals surface area contributed by atoms with Gasteiger partial charge in [0.15, 0.2) is 0 Å². The molecule has 6 heteroatoms. The van der Waals surface area contributed by atoms with Gasteiger partial charge in [-0.05, 0) is 38.7 Å². The Hall–Kier alpha value is -1.95. The highest BCUT2D eigenvalue weighted by Crippen LogP contribution is 2.49. The predicted octanol–water partition coefficient (Wildman–Crippen LogP) is 0.878. The number of carbonyl (C=O) groups is 3. The molecule has 5 atom stereocenters. The minimum atomic E-state index is -0.414. The van der Waals surface area contributed by atoms with Crippen molar-refractivity contribution in [2.45, 2.75) is 45.2 Å². The average Bonchev–Trinajstić information content (AvgIpc) is 2.96. The highest BCUT2D eigenvalue weighted by molar-refractivity contribution is 6.45. The average molecular weight is 344 g/mol. The number of allylic oxidation sites excluding steroid dienone is 3. The second-order valence-electron chi connectivity index (χ2n) is 7.86. The van der Waals surface area contributed by atoms with Gasteiger partial charge in [-0.25, -0.2) is 0 Å². The molecule has 4 aliphatic rings. The van der Waals surface area contributed by atoms with Crippen LogP contribution in [0.1, 0.15) is 33.6 Å². The van der Waals surface area contributed by atoms with Gasteiger partial charge in [0.2, 0.25) is 11.6 Å². The quantitative estimate of drug-likeness (QED) is 0.571. The summed E-state index contributed by atoms with van der Waals surface area (Å²) in [6.07, 6.45) is 3.17. The van der Waals surface area contributed by atoms with Crippen LogP contribution in [-0.2, 0) is 19.1 Å². The molecule has 134 valence electrons. The molecule has 0 aromatic rings. The van der Waals surface area contributed by atoms with E-state index in [0.717, 1.165) is 17.7 Å². The number of fused-ring (bicyclic) bond motifs is 2. The molecule has 4 bridgehead atoms. The van der Waals surface area contributed by atoms with Gasteiger partial charge in [-0.1, -0.05) is 12.5 Å². The maximum absolute atomic E-state index is 12.7. The van der Waals surface area contributed by atoms with Gasteiger partial charge >= 0.3 is 5.97 Å². The summed E-state index contributed by atoms with van der Waals surface area (Å²) < 4.78 is 5.36. The van der Waals surface area contributed by atoms with E-state index in [1.807, 2.05) is 13.0 Å². The second-order valence-corrected chi connectivity index (χ2v) is 7.86. The van der Waals surface area contributed by atoms with Gasteiger partial charge in [0.25, 0.3) is 0 Å². The third kappa shape index (κ3) is 2.30. The molecule has 0 aromatic heterocycles. The molecule has 6 nitrogen and oxygen atoms in total. The van der Waals surface area contributed by atoms with Crippen molar-refractivity contribution in [1.82, 2.24) is 10.6 Å². The summed E-state index contributed by atoms with van der Waals surface area (Å²) in [5, 5.41) is 6.82.